The van der Waals surface area contributed by atoms with Crippen molar-refractivity contribution in [3.63, 3.8) is 0 Å². The van der Waals surface area contributed by atoms with Crippen molar-refractivity contribution in [1.29, 1.82) is 0 Å². The molecule has 1 amide bonds. The second-order valence-electron chi connectivity index (χ2n) is 4.65. The molecule has 0 unspecified atom stereocenters. The van der Waals surface area contributed by atoms with Gasteiger partial charge in [-0.2, -0.15) is 0 Å². The number of hydrogen-bond acceptors (Lipinski definition) is 2. The van der Waals surface area contributed by atoms with Gasteiger partial charge in [-0.1, -0.05) is 22.0 Å². The largest absolute Gasteiger partial charge is 0.381 e. The van der Waals surface area contributed by atoms with E-state index in [9.17, 15) is 9.18 Å². The quantitative estimate of drug-likeness (QED) is 0.878. The Morgan fingerprint density at radius 1 is 1.29 bits per heavy atom. The Balaban J connectivity index is 2.21. The molecule has 0 aliphatic carbocycles. The molecule has 0 aliphatic heterocycles. The molecule has 0 bridgehead atoms. The second kappa shape index (κ2) is 6.72. The number of halogens is 2. The third-order valence-corrected chi connectivity index (χ3v) is 3.78. The predicted octanol–water partition coefficient (Wildman–Crippen LogP) is 3.87. The molecular formula is C16H16BrFN2O. The van der Waals surface area contributed by atoms with Gasteiger partial charge in [0.05, 0.1) is 0 Å². The highest BCUT2D eigenvalue weighted by Crippen LogP contribution is 2.21. The summed E-state index contributed by atoms with van der Waals surface area (Å²) in [5.41, 5.74) is 2.83. The van der Waals surface area contributed by atoms with Crippen LogP contribution < -0.4 is 10.6 Å². The Bertz CT molecular complexity index is 673. The Kier molecular flexibility index (Phi) is 4.96. The Hall–Kier alpha value is -1.88. The first-order chi connectivity index (χ1) is 10.0. The third-order valence-electron chi connectivity index (χ3n) is 3.28. The van der Waals surface area contributed by atoms with Crippen LogP contribution in [0.15, 0.2) is 40.9 Å². The van der Waals surface area contributed by atoms with Gasteiger partial charge in [0.25, 0.3) is 5.91 Å². The minimum Gasteiger partial charge on any atom is -0.381 e. The molecule has 0 fully saturated rings. The maximum Gasteiger partial charge on any atom is 0.251 e. The summed E-state index contributed by atoms with van der Waals surface area (Å²) in [5, 5.41) is 5.78. The van der Waals surface area contributed by atoms with E-state index in [1.807, 2.05) is 13.0 Å². The lowest BCUT2D eigenvalue weighted by atomic mass is 10.1. The lowest BCUT2D eigenvalue weighted by Crippen LogP contribution is -2.19. The second-order valence-corrected chi connectivity index (χ2v) is 5.56. The van der Waals surface area contributed by atoms with Gasteiger partial charge in [-0.15, -0.1) is 0 Å². The average molecular weight is 351 g/mol. The molecule has 21 heavy (non-hydrogen) atoms. The minimum atomic E-state index is -0.259. The van der Waals surface area contributed by atoms with Crippen molar-refractivity contribution in [2.45, 2.75) is 13.5 Å². The first kappa shape index (κ1) is 15.5. The summed E-state index contributed by atoms with van der Waals surface area (Å²) < 4.78 is 14.5. The van der Waals surface area contributed by atoms with E-state index in [0.717, 1.165) is 15.7 Å². The predicted molar refractivity (Wildman–Crippen MR) is 86.0 cm³/mol. The van der Waals surface area contributed by atoms with E-state index in [1.165, 1.54) is 6.07 Å². The van der Waals surface area contributed by atoms with Gasteiger partial charge in [0.15, 0.2) is 0 Å². The van der Waals surface area contributed by atoms with Gasteiger partial charge in [0, 0.05) is 34.9 Å². The first-order valence-corrected chi connectivity index (χ1v) is 7.31. The molecule has 2 N–H and O–H groups in total. The maximum atomic E-state index is 13.7. The molecule has 0 spiro atoms. The van der Waals surface area contributed by atoms with E-state index < -0.39 is 0 Å². The molecule has 3 nitrogen and oxygen atoms in total. The summed E-state index contributed by atoms with van der Waals surface area (Å²) in [5.74, 6) is -0.393. The van der Waals surface area contributed by atoms with Gasteiger partial charge in [-0.25, -0.2) is 4.39 Å². The van der Waals surface area contributed by atoms with Crippen LogP contribution in [0.25, 0.3) is 0 Å². The van der Waals surface area contributed by atoms with Gasteiger partial charge >= 0.3 is 0 Å². The number of amides is 1. The average Bonchev–Trinajstić information content (AvgIpc) is 2.48. The lowest BCUT2D eigenvalue weighted by Gasteiger charge is -2.13. The zero-order chi connectivity index (χ0) is 15.4. The molecular weight excluding hydrogens is 335 g/mol. The summed E-state index contributed by atoms with van der Waals surface area (Å²) in [6.45, 7) is 2.22. The molecule has 2 rings (SSSR count). The van der Waals surface area contributed by atoms with Crippen molar-refractivity contribution in [2.24, 2.45) is 0 Å². The van der Waals surface area contributed by atoms with Gasteiger partial charge in [0.1, 0.15) is 5.82 Å². The van der Waals surface area contributed by atoms with Crippen molar-refractivity contribution in [1.82, 2.24) is 5.32 Å². The number of carbonyl (C=O) groups excluding carboxylic acids is 1. The molecule has 0 saturated carbocycles. The standard InChI is InChI=1S/C16H16BrFN2O/c1-10-13(16(21)19-2)4-3-5-15(10)20-9-11-8-12(17)6-7-14(11)18/h3-8,20H,9H2,1-2H3,(H,19,21). The SMILES string of the molecule is CNC(=O)c1cccc(NCc2cc(Br)ccc2F)c1C. The normalized spacial score (nSPS) is 10.3. The Morgan fingerprint density at radius 3 is 2.76 bits per heavy atom. The zero-order valence-corrected chi connectivity index (χ0v) is 13.4. The van der Waals surface area contributed by atoms with Crippen molar-refractivity contribution < 1.29 is 9.18 Å². The summed E-state index contributed by atoms with van der Waals surface area (Å²) >= 11 is 3.33. The molecule has 0 aromatic heterocycles. The number of rotatable bonds is 4. The molecule has 110 valence electrons. The fraction of sp³-hybridized carbons (Fsp3) is 0.188. The van der Waals surface area contributed by atoms with Gasteiger partial charge in [0.2, 0.25) is 0 Å². The van der Waals surface area contributed by atoms with Crippen molar-refractivity contribution in [2.75, 3.05) is 12.4 Å². The van der Waals surface area contributed by atoms with Crippen LogP contribution in [0.1, 0.15) is 21.5 Å². The molecule has 5 heteroatoms. The fourth-order valence-electron chi connectivity index (χ4n) is 2.08. The zero-order valence-electron chi connectivity index (χ0n) is 11.8. The van der Waals surface area contributed by atoms with Crippen LogP contribution in [-0.4, -0.2) is 13.0 Å². The fourth-order valence-corrected chi connectivity index (χ4v) is 2.49. The number of nitrogens with one attached hydrogen (secondary N) is 2. The Morgan fingerprint density at radius 2 is 2.05 bits per heavy atom. The number of carbonyl (C=O) groups is 1. The van der Waals surface area contributed by atoms with Crippen molar-refractivity contribution >= 4 is 27.5 Å². The smallest absolute Gasteiger partial charge is 0.251 e. The van der Waals surface area contributed by atoms with Gasteiger partial charge < -0.3 is 10.6 Å². The van der Waals surface area contributed by atoms with Crippen LogP contribution in [0.3, 0.4) is 0 Å². The molecule has 0 aliphatic rings. The van der Waals surface area contributed by atoms with Gasteiger partial charge in [-0.05, 0) is 42.8 Å². The van der Waals surface area contributed by atoms with E-state index in [4.69, 9.17) is 0 Å². The highest BCUT2D eigenvalue weighted by molar-refractivity contribution is 9.10. The summed E-state index contributed by atoms with van der Waals surface area (Å²) in [6.07, 6.45) is 0. The molecule has 2 aromatic rings. The first-order valence-electron chi connectivity index (χ1n) is 6.52. The highest BCUT2D eigenvalue weighted by atomic mass is 79.9. The van der Waals surface area contributed by atoms with E-state index in [1.54, 1.807) is 31.3 Å². The summed E-state index contributed by atoms with van der Waals surface area (Å²) in [4.78, 5) is 11.8. The minimum absolute atomic E-state index is 0.134. The van der Waals surface area contributed by atoms with Crippen LogP contribution in [0, 0.1) is 12.7 Å². The third kappa shape index (κ3) is 3.61. The Labute approximate surface area is 131 Å². The molecule has 0 saturated heterocycles. The monoisotopic (exact) mass is 350 g/mol. The maximum absolute atomic E-state index is 13.7. The van der Waals surface area contributed by atoms with Crippen LogP contribution in [0.5, 0.6) is 0 Å². The summed E-state index contributed by atoms with van der Waals surface area (Å²) in [6, 6.07) is 10.3. The van der Waals surface area contributed by atoms with Gasteiger partial charge in [-0.3, -0.25) is 4.79 Å². The number of hydrogen-bond donors (Lipinski definition) is 2. The van der Waals surface area contributed by atoms with E-state index in [0.29, 0.717) is 17.7 Å². The van der Waals surface area contributed by atoms with Crippen molar-refractivity contribution in [3.05, 3.63) is 63.4 Å². The molecule has 0 radical (unpaired) electrons. The van der Waals surface area contributed by atoms with Crippen LogP contribution in [-0.2, 0) is 6.54 Å². The molecule has 0 atom stereocenters. The van der Waals surface area contributed by atoms with E-state index in [-0.39, 0.29) is 11.7 Å². The van der Waals surface area contributed by atoms with Crippen molar-refractivity contribution in [3.8, 4) is 0 Å². The molecule has 0 heterocycles. The number of anilines is 1. The molecule has 2 aromatic carbocycles. The summed E-state index contributed by atoms with van der Waals surface area (Å²) in [7, 11) is 1.60. The van der Waals surface area contributed by atoms with Crippen LogP contribution in [0.4, 0.5) is 10.1 Å². The highest BCUT2D eigenvalue weighted by Gasteiger charge is 2.10. The van der Waals surface area contributed by atoms with E-state index in [2.05, 4.69) is 26.6 Å². The topological polar surface area (TPSA) is 41.1 Å². The van der Waals surface area contributed by atoms with Crippen LogP contribution >= 0.6 is 15.9 Å². The van der Waals surface area contributed by atoms with Crippen LogP contribution in [0.2, 0.25) is 0 Å². The lowest BCUT2D eigenvalue weighted by molar-refractivity contribution is 0.0962. The van der Waals surface area contributed by atoms with E-state index >= 15 is 0 Å². The number of benzene rings is 2.